The lowest BCUT2D eigenvalue weighted by Gasteiger charge is -2.06. The number of anilines is 1. The van der Waals surface area contributed by atoms with Gasteiger partial charge in [-0.25, -0.2) is 4.98 Å². The minimum absolute atomic E-state index is 0.453. The highest BCUT2D eigenvalue weighted by Gasteiger charge is 1.96. The van der Waals surface area contributed by atoms with Gasteiger partial charge in [0.15, 0.2) is 0 Å². The molecule has 1 aromatic heterocycles. The van der Waals surface area contributed by atoms with Crippen LogP contribution in [0.1, 0.15) is 11.1 Å². The molecule has 0 radical (unpaired) electrons. The van der Waals surface area contributed by atoms with E-state index in [0.29, 0.717) is 0 Å². The standard InChI is InChI=1S/C14H15FN2/c1-11-3-2-4-12(9-11)5-7-16-13-6-8-17-14(15)10-13/h2-4,6,8-10H,5,7H2,1H3,(H,16,17). The molecule has 2 rings (SSSR count). The van der Waals surface area contributed by atoms with E-state index in [-0.39, 0.29) is 0 Å². The van der Waals surface area contributed by atoms with Crippen LogP contribution in [-0.4, -0.2) is 11.5 Å². The maximum atomic E-state index is 12.8. The smallest absolute Gasteiger partial charge is 0.214 e. The average molecular weight is 230 g/mol. The first-order valence-electron chi connectivity index (χ1n) is 5.65. The zero-order valence-corrected chi connectivity index (χ0v) is 9.78. The molecule has 2 nitrogen and oxygen atoms in total. The van der Waals surface area contributed by atoms with E-state index < -0.39 is 5.95 Å². The Hall–Kier alpha value is -1.90. The summed E-state index contributed by atoms with van der Waals surface area (Å²) in [6.45, 7) is 2.86. The van der Waals surface area contributed by atoms with Crippen LogP contribution in [0, 0.1) is 12.9 Å². The van der Waals surface area contributed by atoms with Gasteiger partial charge >= 0.3 is 0 Å². The van der Waals surface area contributed by atoms with Crippen molar-refractivity contribution in [2.45, 2.75) is 13.3 Å². The van der Waals surface area contributed by atoms with Gasteiger partial charge < -0.3 is 5.32 Å². The Bertz CT molecular complexity index is 452. The predicted octanol–water partition coefficient (Wildman–Crippen LogP) is 3.18. The minimum Gasteiger partial charge on any atom is -0.385 e. The molecule has 0 fully saturated rings. The van der Waals surface area contributed by atoms with E-state index >= 15 is 0 Å². The van der Waals surface area contributed by atoms with Crippen LogP contribution in [0.15, 0.2) is 42.6 Å². The van der Waals surface area contributed by atoms with E-state index in [1.54, 1.807) is 6.07 Å². The van der Waals surface area contributed by atoms with E-state index in [1.807, 2.05) is 0 Å². The molecule has 0 amide bonds. The molecule has 0 spiro atoms. The van der Waals surface area contributed by atoms with Crippen LogP contribution in [0.3, 0.4) is 0 Å². The molecule has 0 bridgehead atoms. The molecule has 1 N–H and O–H groups in total. The second kappa shape index (κ2) is 5.43. The second-order valence-corrected chi connectivity index (χ2v) is 4.03. The summed E-state index contributed by atoms with van der Waals surface area (Å²) in [6, 6.07) is 11.6. The number of nitrogens with one attached hydrogen (secondary N) is 1. The third-order valence-corrected chi connectivity index (χ3v) is 2.55. The van der Waals surface area contributed by atoms with Crippen molar-refractivity contribution in [1.29, 1.82) is 0 Å². The molecule has 3 heteroatoms. The second-order valence-electron chi connectivity index (χ2n) is 4.03. The van der Waals surface area contributed by atoms with Crippen LogP contribution < -0.4 is 5.32 Å². The Morgan fingerprint density at radius 1 is 1.24 bits per heavy atom. The van der Waals surface area contributed by atoms with Gasteiger partial charge in [0.1, 0.15) is 0 Å². The summed E-state index contributed by atoms with van der Waals surface area (Å²) >= 11 is 0. The summed E-state index contributed by atoms with van der Waals surface area (Å²) in [4.78, 5) is 3.51. The molecule has 0 aliphatic carbocycles. The van der Waals surface area contributed by atoms with Gasteiger partial charge in [0.2, 0.25) is 5.95 Å². The van der Waals surface area contributed by atoms with Crippen molar-refractivity contribution >= 4 is 5.69 Å². The van der Waals surface area contributed by atoms with Crippen LogP contribution in [0.4, 0.5) is 10.1 Å². The van der Waals surface area contributed by atoms with E-state index in [4.69, 9.17) is 0 Å². The number of halogens is 1. The van der Waals surface area contributed by atoms with Crippen LogP contribution in [-0.2, 0) is 6.42 Å². The summed E-state index contributed by atoms with van der Waals surface area (Å²) in [7, 11) is 0. The van der Waals surface area contributed by atoms with Gasteiger partial charge in [0.05, 0.1) is 0 Å². The van der Waals surface area contributed by atoms with Gasteiger partial charge in [-0.05, 0) is 25.0 Å². The largest absolute Gasteiger partial charge is 0.385 e. The van der Waals surface area contributed by atoms with E-state index in [0.717, 1.165) is 18.7 Å². The van der Waals surface area contributed by atoms with Crippen molar-refractivity contribution in [1.82, 2.24) is 4.98 Å². The zero-order chi connectivity index (χ0) is 12.1. The van der Waals surface area contributed by atoms with Gasteiger partial charge in [0, 0.05) is 24.5 Å². The predicted molar refractivity (Wildman–Crippen MR) is 67.6 cm³/mol. The normalized spacial score (nSPS) is 10.2. The van der Waals surface area contributed by atoms with Crippen LogP contribution in [0.2, 0.25) is 0 Å². The van der Waals surface area contributed by atoms with E-state index in [1.165, 1.54) is 23.4 Å². The molecule has 0 atom stereocenters. The van der Waals surface area contributed by atoms with E-state index in [9.17, 15) is 4.39 Å². The van der Waals surface area contributed by atoms with Crippen molar-refractivity contribution in [2.24, 2.45) is 0 Å². The lowest BCUT2D eigenvalue weighted by molar-refractivity contribution is 0.584. The minimum atomic E-state index is -0.453. The number of pyridine rings is 1. The topological polar surface area (TPSA) is 24.9 Å². The summed E-state index contributed by atoms with van der Waals surface area (Å²) in [6.07, 6.45) is 2.38. The van der Waals surface area contributed by atoms with Gasteiger partial charge in [-0.3, -0.25) is 0 Å². The SMILES string of the molecule is Cc1cccc(CCNc2ccnc(F)c2)c1. The Kier molecular flexibility index (Phi) is 3.70. The number of aryl methyl sites for hydroxylation is 1. The summed E-state index contributed by atoms with van der Waals surface area (Å²) < 4.78 is 12.8. The molecule has 1 heterocycles. The first-order chi connectivity index (χ1) is 8.24. The third-order valence-electron chi connectivity index (χ3n) is 2.55. The Labute approximate surface area is 101 Å². The molecule has 0 aliphatic rings. The number of hydrogen-bond acceptors (Lipinski definition) is 2. The number of aromatic nitrogens is 1. The van der Waals surface area contributed by atoms with E-state index in [2.05, 4.69) is 41.5 Å². The summed E-state index contributed by atoms with van der Waals surface area (Å²) in [5, 5.41) is 3.17. The zero-order valence-electron chi connectivity index (χ0n) is 9.78. The summed E-state index contributed by atoms with van der Waals surface area (Å²) in [5.74, 6) is -0.453. The van der Waals surface area contributed by atoms with Crippen molar-refractivity contribution in [2.75, 3.05) is 11.9 Å². The van der Waals surface area contributed by atoms with Crippen molar-refractivity contribution in [3.8, 4) is 0 Å². The lowest BCUT2D eigenvalue weighted by Crippen LogP contribution is -2.05. The first-order valence-corrected chi connectivity index (χ1v) is 5.65. The molecule has 0 unspecified atom stereocenters. The Morgan fingerprint density at radius 3 is 2.88 bits per heavy atom. The van der Waals surface area contributed by atoms with Crippen LogP contribution in [0.5, 0.6) is 0 Å². The Morgan fingerprint density at radius 2 is 2.12 bits per heavy atom. The highest BCUT2D eigenvalue weighted by molar-refractivity contribution is 5.41. The average Bonchev–Trinajstić information content (AvgIpc) is 2.29. The molecule has 0 aliphatic heterocycles. The fraction of sp³-hybridized carbons (Fsp3) is 0.214. The van der Waals surface area contributed by atoms with Gasteiger partial charge in [-0.2, -0.15) is 4.39 Å². The van der Waals surface area contributed by atoms with Gasteiger partial charge in [-0.1, -0.05) is 29.8 Å². The molecule has 2 aromatic rings. The summed E-state index contributed by atoms with van der Waals surface area (Å²) in [5.41, 5.74) is 3.31. The molecule has 0 saturated heterocycles. The highest BCUT2D eigenvalue weighted by atomic mass is 19.1. The third kappa shape index (κ3) is 3.55. The highest BCUT2D eigenvalue weighted by Crippen LogP contribution is 2.08. The molecular weight excluding hydrogens is 215 g/mol. The molecule has 1 aromatic carbocycles. The van der Waals surface area contributed by atoms with Crippen LogP contribution in [0.25, 0.3) is 0 Å². The number of rotatable bonds is 4. The lowest BCUT2D eigenvalue weighted by atomic mass is 10.1. The van der Waals surface area contributed by atoms with Crippen molar-refractivity contribution < 1.29 is 4.39 Å². The monoisotopic (exact) mass is 230 g/mol. The quantitative estimate of drug-likeness (QED) is 0.816. The molecular formula is C14H15FN2. The van der Waals surface area contributed by atoms with Crippen LogP contribution >= 0.6 is 0 Å². The fourth-order valence-corrected chi connectivity index (χ4v) is 1.73. The number of benzene rings is 1. The van der Waals surface area contributed by atoms with Crippen molar-refractivity contribution in [3.63, 3.8) is 0 Å². The van der Waals surface area contributed by atoms with Crippen molar-refractivity contribution in [3.05, 3.63) is 59.7 Å². The Balaban J connectivity index is 1.87. The number of nitrogens with zero attached hydrogens (tertiary/aromatic N) is 1. The maximum absolute atomic E-state index is 12.8. The van der Waals surface area contributed by atoms with Gasteiger partial charge in [0.25, 0.3) is 0 Å². The molecule has 0 saturated carbocycles. The van der Waals surface area contributed by atoms with Gasteiger partial charge in [-0.15, -0.1) is 0 Å². The molecule has 88 valence electrons. The maximum Gasteiger partial charge on any atom is 0.214 e. The first kappa shape index (κ1) is 11.6. The number of hydrogen-bond donors (Lipinski definition) is 1. The molecule has 17 heavy (non-hydrogen) atoms. The fourth-order valence-electron chi connectivity index (χ4n) is 1.73.